The summed E-state index contributed by atoms with van der Waals surface area (Å²) in [6.07, 6.45) is 106. The third-order valence-electron chi connectivity index (χ3n) is 19.0. The van der Waals surface area contributed by atoms with Gasteiger partial charge in [0, 0.05) is 12.8 Å². The third kappa shape index (κ3) is 82.3. The van der Waals surface area contributed by atoms with Crippen molar-refractivity contribution in [2.45, 2.75) is 424 Å². The first-order valence-corrected chi connectivity index (χ1v) is 43.7. The van der Waals surface area contributed by atoms with Gasteiger partial charge >= 0.3 is 19.8 Å². The van der Waals surface area contributed by atoms with Crippen LogP contribution in [0.4, 0.5) is 0 Å². The predicted octanol–water partition coefficient (Wildman–Crippen LogP) is 28.2. The second kappa shape index (κ2) is 77.6. The van der Waals surface area contributed by atoms with Crippen LogP contribution in [-0.2, 0) is 32.7 Å². The number of esters is 2. The van der Waals surface area contributed by atoms with E-state index in [0.29, 0.717) is 23.9 Å². The number of phosphoric acid groups is 1. The van der Waals surface area contributed by atoms with E-state index in [1.165, 1.54) is 315 Å². The van der Waals surface area contributed by atoms with E-state index >= 15 is 0 Å². The molecule has 9 nitrogen and oxygen atoms in total. The fourth-order valence-corrected chi connectivity index (χ4v) is 13.4. The van der Waals surface area contributed by atoms with Gasteiger partial charge in [0.15, 0.2) is 6.10 Å². The van der Waals surface area contributed by atoms with Crippen LogP contribution in [-0.4, -0.2) is 74.9 Å². The molecule has 0 saturated heterocycles. The molecule has 10 heteroatoms. The Morgan fingerprint density at radius 3 is 0.876 bits per heavy atom. The number of hydrogen-bond donors (Lipinski definition) is 1. The molecule has 568 valence electrons. The number of likely N-dealkylation sites (N-methyl/N-ethyl adjacent to an activating group) is 1. The zero-order valence-electron chi connectivity index (χ0n) is 65.1. The van der Waals surface area contributed by atoms with E-state index in [1.807, 2.05) is 21.1 Å². The van der Waals surface area contributed by atoms with Crippen LogP contribution in [0.3, 0.4) is 0 Å². The summed E-state index contributed by atoms with van der Waals surface area (Å²) in [6.45, 7) is 4.40. The Morgan fingerprint density at radius 2 is 0.588 bits per heavy atom. The zero-order chi connectivity index (χ0) is 70.4. The second-order valence-electron chi connectivity index (χ2n) is 29.8. The van der Waals surface area contributed by atoms with Gasteiger partial charge in [-0.2, -0.15) is 0 Å². The van der Waals surface area contributed by atoms with Crippen molar-refractivity contribution in [1.29, 1.82) is 0 Å². The van der Waals surface area contributed by atoms with Crippen molar-refractivity contribution in [3.63, 3.8) is 0 Å². The topological polar surface area (TPSA) is 108 Å². The van der Waals surface area contributed by atoms with E-state index in [2.05, 4.69) is 86.8 Å². The fourth-order valence-electron chi connectivity index (χ4n) is 12.6. The van der Waals surface area contributed by atoms with Crippen LogP contribution >= 0.6 is 7.82 Å². The van der Waals surface area contributed by atoms with Crippen LogP contribution in [0.2, 0.25) is 0 Å². The maximum absolute atomic E-state index is 12.9. The quantitative estimate of drug-likeness (QED) is 0.0211. The first-order chi connectivity index (χ1) is 47.5. The van der Waals surface area contributed by atoms with Crippen molar-refractivity contribution in [3.8, 4) is 0 Å². The first kappa shape index (κ1) is 94.5. The normalized spacial score (nSPS) is 13.3. The summed E-state index contributed by atoms with van der Waals surface area (Å²) < 4.78 is 34.9. The summed E-state index contributed by atoms with van der Waals surface area (Å²) in [4.78, 5) is 36.0. The van der Waals surface area contributed by atoms with Crippen LogP contribution in [0.5, 0.6) is 0 Å². The highest BCUT2D eigenvalue weighted by Gasteiger charge is 2.27. The molecule has 0 aromatic heterocycles. The third-order valence-corrected chi connectivity index (χ3v) is 20.0. The highest BCUT2D eigenvalue weighted by Crippen LogP contribution is 2.43. The van der Waals surface area contributed by atoms with E-state index in [4.69, 9.17) is 18.5 Å². The largest absolute Gasteiger partial charge is 0.472 e. The van der Waals surface area contributed by atoms with Gasteiger partial charge in [0.1, 0.15) is 19.8 Å². The van der Waals surface area contributed by atoms with Crippen LogP contribution in [0, 0.1) is 0 Å². The molecule has 0 aromatic carbocycles. The summed E-state index contributed by atoms with van der Waals surface area (Å²) >= 11 is 0. The molecule has 0 aliphatic rings. The highest BCUT2D eigenvalue weighted by molar-refractivity contribution is 7.47. The average Bonchev–Trinajstić information content (AvgIpc) is 1.69. The lowest BCUT2D eigenvalue weighted by Gasteiger charge is -2.24. The average molecular weight is 1380 g/mol. The number of carbonyl (C=O) groups excluding carboxylic acids is 2. The molecule has 0 amide bonds. The monoisotopic (exact) mass is 1380 g/mol. The van der Waals surface area contributed by atoms with Crippen LogP contribution in [0.1, 0.15) is 418 Å². The van der Waals surface area contributed by atoms with Crippen LogP contribution in [0.25, 0.3) is 0 Å². The van der Waals surface area contributed by atoms with Crippen molar-refractivity contribution < 1.29 is 42.1 Å². The first-order valence-electron chi connectivity index (χ1n) is 42.2. The van der Waals surface area contributed by atoms with Gasteiger partial charge in [0.05, 0.1) is 27.7 Å². The van der Waals surface area contributed by atoms with Crippen LogP contribution < -0.4 is 0 Å². The smallest absolute Gasteiger partial charge is 0.462 e. The molecular formula is C87H163NO8P+. The molecule has 1 N–H and O–H groups in total. The van der Waals surface area contributed by atoms with Crippen molar-refractivity contribution >= 4 is 19.8 Å². The van der Waals surface area contributed by atoms with E-state index in [0.717, 1.165) is 70.6 Å². The molecule has 0 heterocycles. The standard InChI is InChI=1S/C87H162NO8P/c1-6-8-10-12-14-16-18-20-22-24-26-28-30-32-34-36-38-40-41-42-43-44-45-46-47-48-50-52-54-56-58-60-62-64-66-68-70-72-74-76-78-80-87(90)96-85(84-95-97(91,92)94-82-81-88(3,4)5)83-93-86(89)79-77-75-73-71-69-67-65-63-61-59-57-55-53-51-49-39-37-35-33-31-29-27-25-23-21-19-17-15-13-11-9-7-2/h8,10,14,16,20,22,26,28,32,34,38,40,85H,6-7,9,11-13,15,17-19,21,23-25,27,29-31,33,35-37,39,41-84H2,1-5H3/p+1/b10-8-,16-14-,22-20-,28-26-,34-32-,40-38-. The van der Waals surface area contributed by atoms with Gasteiger partial charge in [-0.05, 0) is 64.2 Å². The molecule has 2 atom stereocenters. The number of hydrogen-bond acceptors (Lipinski definition) is 7. The molecular weight excluding hydrogens is 1220 g/mol. The van der Waals surface area contributed by atoms with Gasteiger partial charge in [-0.15, -0.1) is 0 Å². The highest BCUT2D eigenvalue weighted by atomic mass is 31.2. The van der Waals surface area contributed by atoms with Gasteiger partial charge < -0.3 is 18.9 Å². The lowest BCUT2D eigenvalue weighted by atomic mass is 10.0. The van der Waals surface area contributed by atoms with Gasteiger partial charge in [-0.1, -0.05) is 414 Å². The summed E-state index contributed by atoms with van der Waals surface area (Å²) in [5.41, 5.74) is 0. The number of nitrogens with zero attached hydrogens (tertiary/aromatic N) is 1. The van der Waals surface area contributed by atoms with Crippen LogP contribution in [0.15, 0.2) is 72.9 Å². The summed E-state index contributed by atoms with van der Waals surface area (Å²) in [6, 6.07) is 0. The SMILES string of the molecule is CC/C=C\C/C=C\C/C=C\C/C=C\C/C=C\C/C=C\CCCCCCCCCCCCCCCCCCCCCCCCC(=O)OC(COC(=O)CCCCCCCCCCCCCCCCCCCCCCCCCCCCCCCCCC)COP(=O)(O)OCC[N+](C)(C)C. The molecule has 0 aliphatic carbocycles. The van der Waals surface area contributed by atoms with E-state index in [-0.39, 0.29) is 25.6 Å². The minimum absolute atomic E-state index is 0.0342. The summed E-state index contributed by atoms with van der Waals surface area (Å²) in [5.74, 6) is -0.772. The van der Waals surface area contributed by atoms with E-state index < -0.39 is 26.5 Å². The van der Waals surface area contributed by atoms with Crippen molar-refractivity contribution in [3.05, 3.63) is 72.9 Å². The minimum atomic E-state index is -4.40. The summed E-state index contributed by atoms with van der Waals surface area (Å²) in [7, 11) is 1.50. The lowest BCUT2D eigenvalue weighted by molar-refractivity contribution is -0.870. The Bertz CT molecular complexity index is 1870. The van der Waals surface area contributed by atoms with Crippen molar-refractivity contribution in [2.24, 2.45) is 0 Å². The number of ether oxygens (including phenoxy) is 2. The Kier molecular flexibility index (Phi) is 75.6. The zero-order valence-corrected chi connectivity index (χ0v) is 66.0. The maximum Gasteiger partial charge on any atom is 0.472 e. The minimum Gasteiger partial charge on any atom is -0.462 e. The number of allylic oxidation sites excluding steroid dienone is 12. The molecule has 97 heavy (non-hydrogen) atoms. The Hall–Kier alpha value is -2.55. The number of carbonyl (C=O) groups is 2. The van der Waals surface area contributed by atoms with Crippen molar-refractivity contribution in [2.75, 3.05) is 47.5 Å². The van der Waals surface area contributed by atoms with Gasteiger partial charge in [-0.25, -0.2) is 4.57 Å². The number of quaternary nitrogens is 1. The molecule has 0 aromatic rings. The number of rotatable bonds is 79. The molecule has 0 aliphatic heterocycles. The molecule has 0 bridgehead atoms. The van der Waals surface area contributed by atoms with Gasteiger partial charge in [-0.3, -0.25) is 18.6 Å². The Balaban J connectivity index is 3.89. The number of phosphoric ester groups is 1. The van der Waals surface area contributed by atoms with Crippen molar-refractivity contribution in [1.82, 2.24) is 0 Å². The fraction of sp³-hybridized carbons (Fsp3) is 0.839. The maximum atomic E-state index is 12.9. The predicted molar refractivity (Wildman–Crippen MR) is 423 cm³/mol. The lowest BCUT2D eigenvalue weighted by Crippen LogP contribution is -2.37. The molecule has 0 radical (unpaired) electrons. The molecule has 0 fully saturated rings. The van der Waals surface area contributed by atoms with Gasteiger partial charge in [0.25, 0.3) is 0 Å². The Labute approximate surface area is 603 Å². The molecule has 2 unspecified atom stereocenters. The van der Waals surface area contributed by atoms with Gasteiger partial charge in [0.2, 0.25) is 0 Å². The molecule has 0 rings (SSSR count). The molecule has 0 saturated carbocycles. The number of unbranched alkanes of at least 4 members (excludes halogenated alkanes) is 53. The Morgan fingerprint density at radius 1 is 0.330 bits per heavy atom. The second-order valence-corrected chi connectivity index (χ2v) is 31.3. The molecule has 0 spiro atoms. The summed E-state index contributed by atoms with van der Waals surface area (Å²) in [5, 5.41) is 0. The van der Waals surface area contributed by atoms with E-state index in [9.17, 15) is 19.0 Å². The van der Waals surface area contributed by atoms with E-state index in [1.54, 1.807) is 0 Å².